The lowest BCUT2D eigenvalue weighted by molar-refractivity contribution is -0.387. The van der Waals surface area contributed by atoms with Crippen LogP contribution in [0.4, 0.5) is 14.5 Å². The number of nitro benzene ring substituents is 1. The van der Waals surface area contributed by atoms with Crippen molar-refractivity contribution in [3.05, 3.63) is 33.9 Å². The predicted molar refractivity (Wildman–Crippen MR) is 50.6 cm³/mol. The highest BCUT2D eigenvalue weighted by Crippen LogP contribution is 2.36. The molecule has 0 saturated heterocycles. The van der Waals surface area contributed by atoms with Gasteiger partial charge in [-0.25, -0.2) is 0 Å². The van der Waals surface area contributed by atoms with Crippen molar-refractivity contribution in [2.24, 2.45) is 0 Å². The van der Waals surface area contributed by atoms with Crippen molar-refractivity contribution in [1.29, 1.82) is 0 Å². The number of benzene rings is 1. The molecular weight excluding hydrogens is 224 g/mol. The Morgan fingerprint density at radius 2 is 2.19 bits per heavy atom. The Morgan fingerprint density at radius 1 is 1.56 bits per heavy atom. The molecule has 0 radical (unpaired) electrons. The standard InChI is InChI=1S/C9H9F2NO4/c1-16-6-2-3-8(12(14)15)7(4-6)9(10,11)5-13/h2-4,13H,5H2,1H3. The van der Waals surface area contributed by atoms with Crippen LogP contribution in [-0.2, 0) is 5.92 Å². The average Bonchev–Trinajstić information content (AvgIpc) is 2.28. The number of aliphatic hydroxyl groups excluding tert-OH is 1. The monoisotopic (exact) mass is 233 g/mol. The summed E-state index contributed by atoms with van der Waals surface area (Å²) in [7, 11) is 1.25. The third kappa shape index (κ3) is 2.25. The van der Waals surface area contributed by atoms with Gasteiger partial charge in [0.25, 0.3) is 5.69 Å². The van der Waals surface area contributed by atoms with E-state index in [1.54, 1.807) is 0 Å². The minimum Gasteiger partial charge on any atom is -0.497 e. The summed E-state index contributed by atoms with van der Waals surface area (Å²) in [4.78, 5) is 9.60. The molecule has 0 aliphatic rings. The summed E-state index contributed by atoms with van der Waals surface area (Å²) in [5.74, 6) is -3.61. The normalized spacial score (nSPS) is 11.2. The second-order valence-electron chi connectivity index (χ2n) is 3.00. The number of ether oxygens (including phenoxy) is 1. The molecule has 0 amide bonds. The number of hydrogen-bond acceptors (Lipinski definition) is 4. The quantitative estimate of drug-likeness (QED) is 0.634. The summed E-state index contributed by atoms with van der Waals surface area (Å²) in [6.45, 7) is -1.50. The van der Waals surface area contributed by atoms with Gasteiger partial charge in [0.2, 0.25) is 0 Å². The third-order valence-electron chi connectivity index (χ3n) is 1.99. The highest BCUT2D eigenvalue weighted by molar-refractivity contribution is 5.47. The molecule has 0 atom stereocenters. The second-order valence-corrected chi connectivity index (χ2v) is 3.00. The first kappa shape index (κ1) is 12.3. The Labute approximate surface area is 89.4 Å². The van der Waals surface area contributed by atoms with Crippen molar-refractivity contribution in [2.45, 2.75) is 5.92 Å². The summed E-state index contributed by atoms with van der Waals surface area (Å²) in [6.07, 6.45) is 0. The lowest BCUT2D eigenvalue weighted by atomic mass is 10.1. The maximum atomic E-state index is 13.2. The largest absolute Gasteiger partial charge is 0.497 e. The molecule has 5 nitrogen and oxygen atoms in total. The maximum Gasteiger partial charge on any atom is 0.302 e. The smallest absolute Gasteiger partial charge is 0.302 e. The highest BCUT2D eigenvalue weighted by Gasteiger charge is 2.37. The molecule has 0 aliphatic heterocycles. The minimum atomic E-state index is -3.67. The zero-order valence-corrected chi connectivity index (χ0v) is 8.31. The fourth-order valence-electron chi connectivity index (χ4n) is 1.18. The van der Waals surface area contributed by atoms with Crippen LogP contribution < -0.4 is 4.74 Å². The van der Waals surface area contributed by atoms with Crippen LogP contribution in [0.1, 0.15) is 5.56 Å². The number of aliphatic hydroxyl groups is 1. The number of halogens is 2. The molecule has 0 bridgehead atoms. The molecular formula is C9H9F2NO4. The molecule has 0 saturated carbocycles. The summed E-state index contributed by atoms with van der Waals surface area (Å²) in [5, 5.41) is 19.0. The van der Waals surface area contributed by atoms with E-state index in [0.29, 0.717) is 0 Å². The van der Waals surface area contributed by atoms with Gasteiger partial charge in [-0.1, -0.05) is 0 Å². The molecule has 0 aliphatic carbocycles. The predicted octanol–water partition coefficient (Wildman–Crippen LogP) is 1.69. The van der Waals surface area contributed by atoms with Crippen molar-refractivity contribution < 1.29 is 23.5 Å². The van der Waals surface area contributed by atoms with E-state index in [4.69, 9.17) is 9.84 Å². The van der Waals surface area contributed by atoms with E-state index in [-0.39, 0.29) is 5.75 Å². The van der Waals surface area contributed by atoms with Crippen LogP contribution in [0.5, 0.6) is 5.75 Å². The van der Waals surface area contributed by atoms with E-state index in [1.807, 2.05) is 0 Å². The molecule has 0 unspecified atom stereocenters. The van der Waals surface area contributed by atoms with Gasteiger partial charge in [-0.15, -0.1) is 0 Å². The van der Waals surface area contributed by atoms with Crippen LogP contribution in [0.15, 0.2) is 18.2 Å². The van der Waals surface area contributed by atoms with Crippen LogP contribution in [0.2, 0.25) is 0 Å². The van der Waals surface area contributed by atoms with E-state index in [9.17, 15) is 18.9 Å². The molecule has 0 fully saturated rings. The first-order chi connectivity index (χ1) is 7.42. The second kappa shape index (κ2) is 4.40. The minimum absolute atomic E-state index is 0.0636. The summed E-state index contributed by atoms with van der Waals surface area (Å²) in [6, 6.07) is 2.96. The SMILES string of the molecule is COc1ccc([N+](=O)[O-])c(C(F)(F)CO)c1. The lowest BCUT2D eigenvalue weighted by Gasteiger charge is -2.14. The number of hydrogen-bond donors (Lipinski definition) is 1. The summed E-state index contributed by atoms with van der Waals surface area (Å²) < 4.78 is 31.1. The van der Waals surface area contributed by atoms with E-state index in [1.165, 1.54) is 13.2 Å². The van der Waals surface area contributed by atoms with Gasteiger partial charge in [-0.2, -0.15) is 8.78 Å². The van der Waals surface area contributed by atoms with E-state index in [0.717, 1.165) is 12.1 Å². The summed E-state index contributed by atoms with van der Waals surface area (Å²) in [5.41, 5.74) is -1.61. The van der Waals surface area contributed by atoms with Gasteiger partial charge in [0.1, 0.15) is 17.9 Å². The average molecular weight is 233 g/mol. The molecule has 1 aromatic rings. The van der Waals surface area contributed by atoms with E-state index < -0.39 is 28.7 Å². The highest BCUT2D eigenvalue weighted by atomic mass is 19.3. The van der Waals surface area contributed by atoms with Gasteiger partial charge in [0.05, 0.1) is 12.0 Å². The van der Waals surface area contributed by atoms with Gasteiger partial charge in [-0.3, -0.25) is 10.1 Å². The molecule has 0 heterocycles. The molecule has 16 heavy (non-hydrogen) atoms. The molecule has 0 spiro atoms. The molecule has 1 aromatic carbocycles. The number of rotatable bonds is 4. The van der Waals surface area contributed by atoms with Crippen LogP contribution >= 0.6 is 0 Å². The topological polar surface area (TPSA) is 72.6 Å². The molecule has 1 rings (SSSR count). The zero-order valence-electron chi connectivity index (χ0n) is 8.31. The van der Waals surface area contributed by atoms with Gasteiger partial charge < -0.3 is 9.84 Å². The van der Waals surface area contributed by atoms with Crippen LogP contribution in [-0.4, -0.2) is 23.7 Å². The van der Waals surface area contributed by atoms with Crippen LogP contribution in [0.3, 0.4) is 0 Å². The number of alkyl halides is 2. The van der Waals surface area contributed by atoms with Gasteiger partial charge in [-0.05, 0) is 12.1 Å². The Hall–Kier alpha value is -1.76. The van der Waals surface area contributed by atoms with Crippen molar-refractivity contribution in [2.75, 3.05) is 13.7 Å². The van der Waals surface area contributed by atoms with Crippen molar-refractivity contribution in [1.82, 2.24) is 0 Å². The molecule has 0 aromatic heterocycles. The van der Waals surface area contributed by atoms with Crippen LogP contribution in [0.25, 0.3) is 0 Å². The van der Waals surface area contributed by atoms with Gasteiger partial charge in [0.15, 0.2) is 0 Å². The Balaban J connectivity index is 3.37. The third-order valence-corrected chi connectivity index (χ3v) is 1.99. The van der Waals surface area contributed by atoms with Crippen molar-refractivity contribution in [3.8, 4) is 5.75 Å². The Kier molecular flexibility index (Phi) is 3.38. The fraction of sp³-hybridized carbons (Fsp3) is 0.333. The van der Waals surface area contributed by atoms with Crippen molar-refractivity contribution in [3.63, 3.8) is 0 Å². The fourth-order valence-corrected chi connectivity index (χ4v) is 1.18. The number of nitrogens with zero attached hydrogens (tertiary/aromatic N) is 1. The van der Waals surface area contributed by atoms with E-state index in [2.05, 4.69) is 0 Å². The molecule has 1 N–H and O–H groups in total. The summed E-state index contributed by atoms with van der Waals surface area (Å²) >= 11 is 0. The van der Waals surface area contributed by atoms with Crippen LogP contribution in [0, 0.1) is 10.1 Å². The van der Waals surface area contributed by atoms with Gasteiger partial charge in [0, 0.05) is 6.07 Å². The molecule has 7 heteroatoms. The first-order valence-electron chi connectivity index (χ1n) is 4.24. The first-order valence-corrected chi connectivity index (χ1v) is 4.24. The van der Waals surface area contributed by atoms with Gasteiger partial charge >= 0.3 is 5.92 Å². The number of methoxy groups -OCH3 is 1. The Bertz CT molecular complexity index is 408. The zero-order chi connectivity index (χ0) is 12.3. The number of nitro groups is 1. The van der Waals surface area contributed by atoms with E-state index >= 15 is 0 Å². The Morgan fingerprint density at radius 3 is 2.62 bits per heavy atom. The maximum absolute atomic E-state index is 13.2. The lowest BCUT2D eigenvalue weighted by Crippen LogP contribution is -2.20. The molecule has 88 valence electrons. The van der Waals surface area contributed by atoms with Crippen molar-refractivity contribution >= 4 is 5.69 Å².